The van der Waals surface area contributed by atoms with Crippen molar-refractivity contribution in [2.45, 2.75) is 49.5 Å². The minimum atomic E-state index is -0.490. The van der Waals surface area contributed by atoms with Gasteiger partial charge in [-0.2, -0.15) is 0 Å². The van der Waals surface area contributed by atoms with E-state index >= 15 is 0 Å². The van der Waals surface area contributed by atoms with Gasteiger partial charge in [0.25, 0.3) is 0 Å². The van der Waals surface area contributed by atoms with Crippen LogP contribution in [0, 0.1) is 0 Å². The van der Waals surface area contributed by atoms with E-state index in [1.54, 1.807) is 0 Å². The number of hydrogen-bond acceptors (Lipinski definition) is 5. The van der Waals surface area contributed by atoms with Gasteiger partial charge in [-0.25, -0.2) is 0 Å². The molecule has 1 aliphatic carbocycles. The molecule has 4 aliphatic rings. The van der Waals surface area contributed by atoms with E-state index in [0.29, 0.717) is 6.42 Å². The molecule has 5 rings (SSSR count). The van der Waals surface area contributed by atoms with Crippen molar-refractivity contribution < 1.29 is 19.7 Å². The Bertz CT molecular complexity index is 619. The standard InChI is InChI=1S/C16H19NO4/c18-10-4-14-16(15(19)5-10)1-2-17(14)7-9-3-12-13(6-11(9)16)21-8-20-12/h3,6,10,14-15,18-19H,1-2,4-5,7-8H2/t10-,14+,15+,16-/m0/s1. The number of nitrogens with zero attached hydrogens (tertiary/aromatic N) is 1. The summed E-state index contributed by atoms with van der Waals surface area (Å²) in [7, 11) is 0. The van der Waals surface area contributed by atoms with Crippen LogP contribution < -0.4 is 9.47 Å². The zero-order valence-corrected chi connectivity index (χ0v) is 11.8. The molecule has 1 aromatic rings. The van der Waals surface area contributed by atoms with Gasteiger partial charge < -0.3 is 19.7 Å². The Morgan fingerprint density at radius 2 is 1.95 bits per heavy atom. The van der Waals surface area contributed by atoms with Gasteiger partial charge in [0.15, 0.2) is 11.5 Å². The average Bonchev–Trinajstić information content (AvgIpc) is 3.00. The Hall–Kier alpha value is -1.30. The minimum absolute atomic E-state index is 0.240. The predicted octanol–water partition coefficient (Wildman–Crippen LogP) is 0.757. The highest BCUT2D eigenvalue weighted by molar-refractivity contribution is 5.54. The highest BCUT2D eigenvalue weighted by Crippen LogP contribution is 2.55. The Morgan fingerprint density at radius 3 is 2.81 bits per heavy atom. The lowest BCUT2D eigenvalue weighted by molar-refractivity contribution is -0.0500. The van der Waals surface area contributed by atoms with E-state index in [0.717, 1.165) is 37.4 Å². The van der Waals surface area contributed by atoms with Gasteiger partial charge in [0.05, 0.1) is 12.2 Å². The maximum Gasteiger partial charge on any atom is 0.231 e. The molecule has 0 radical (unpaired) electrons. The van der Waals surface area contributed by atoms with Crippen molar-refractivity contribution in [2.24, 2.45) is 0 Å². The first-order valence-electron chi connectivity index (χ1n) is 7.71. The molecule has 0 amide bonds. The van der Waals surface area contributed by atoms with Crippen molar-refractivity contribution in [3.63, 3.8) is 0 Å². The molecule has 3 aliphatic heterocycles. The summed E-state index contributed by atoms with van der Waals surface area (Å²) < 4.78 is 11.0. The van der Waals surface area contributed by atoms with Crippen molar-refractivity contribution in [3.05, 3.63) is 23.3 Å². The Labute approximate surface area is 123 Å². The van der Waals surface area contributed by atoms with Crippen LogP contribution in [0.2, 0.25) is 0 Å². The van der Waals surface area contributed by atoms with E-state index in [1.807, 2.05) is 0 Å². The van der Waals surface area contributed by atoms with Gasteiger partial charge in [0, 0.05) is 24.4 Å². The van der Waals surface area contributed by atoms with E-state index in [9.17, 15) is 10.2 Å². The van der Waals surface area contributed by atoms with Gasteiger partial charge in [-0.15, -0.1) is 0 Å². The molecule has 1 saturated heterocycles. The molecule has 2 N–H and O–H groups in total. The smallest absolute Gasteiger partial charge is 0.231 e. The quantitative estimate of drug-likeness (QED) is 0.738. The molecule has 2 bridgehead atoms. The summed E-state index contributed by atoms with van der Waals surface area (Å²) in [6.45, 7) is 2.13. The van der Waals surface area contributed by atoms with Crippen LogP contribution in [0.15, 0.2) is 12.1 Å². The molecule has 5 heteroatoms. The summed E-state index contributed by atoms with van der Waals surface area (Å²) in [6.07, 6.45) is 1.30. The van der Waals surface area contributed by atoms with Crippen LogP contribution in [0.25, 0.3) is 0 Å². The highest BCUT2D eigenvalue weighted by atomic mass is 16.7. The summed E-state index contributed by atoms with van der Waals surface area (Å²) in [4.78, 5) is 2.41. The Morgan fingerprint density at radius 1 is 1.14 bits per heavy atom. The van der Waals surface area contributed by atoms with E-state index in [1.165, 1.54) is 11.1 Å². The molecule has 112 valence electrons. The second-order valence-electron chi connectivity index (χ2n) is 6.78. The molecule has 0 aromatic heterocycles. The van der Waals surface area contributed by atoms with E-state index < -0.39 is 12.2 Å². The SMILES string of the molecule is O[C@@H]1C[C@@H](O)[C@@]23CCN(Cc4cc5c(cc42)OCO5)[C@@H]3C1. The van der Waals surface area contributed by atoms with Gasteiger partial charge >= 0.3 is 0 Å². The fraction of sp³-hybridized carbons (Fsp3) is 0.625. The van der Waals surface area contributed by atoms with E-state index in [4.69, 9.17) is 9.47 Å². The Kier molecular flexibility index (Phi) is 2.28. The van der Waals surface area contributed by atoms with Gasteiger partial charge in [-0.05, 0) is 42.6 Å². The summed E-state index contributed by atoms with van der Waals surface area (Å²) in [5, 5.41) is 20.8. The third-order valence-electron chi connectivity index (χ3n) is 5.91. The molecule has 3 heterocycles. The number of fused-ring (bicyclic) bond motifs is 2. The molecule has 1 unspecified atom stereocenters. The number of aliphatic hydroxyl groups is 2. The topological polar surface area (TPSA) is 62.2 Å². The van der Waals surface area contributed by atoms with Crippen LogP contribution in [0.5, 0.6) is 11.5 Å². The number of benzene rings is 1. The normalized spacial score (nSPS) is 42.6. The summed E-state index contributed by atoms with van der Waals surface area (Å²) in [5.41, 5.74) is 2.21. The fourth-order valence-electron chi connectivity index (χ4n) is 5.00. The molecule has 0 spiro atoms. The lowest BCUT2D eigenvalue weighted by Crippen LogP contribution is -2.58. The van der Waals surface area contributed by atoms with Gasteiger partial charge in [-0.3, -0.25) is 4.90 Å². The van der Waals surface area contributed by atoms with Crippen LogP contribution in [-0.2, 0) is 12.0 Å². The van der Waals surface area contributed by atoms with Crippen molar-refractivity contribution >= 4 is 0 Å². The predicted molar refractivity (Wildman–Crippen MR) is 74.3 cm³/mol. The Balaban J connectivity index is 1.71. The second-order valence-corrected chi connectivity index (χ2v) is 6.78. The van der Waals surface area contributed by atoms with E-state index in [-0.39, 0.29) is 18.2 Å². The van der Waals surface area contributed by atoms with Gasteiger partial charge in [0.1, 0.15) is 0 Å². The molecular formula is C16H19NO4. The maximum atomic E-state index is 10.8. The minimum Gasteiger partial charge on any atom is -0.454 e. The highest BCUT2D eigenvalue weighted by Gasteiger charge is 2.59. The second kappa shape index (κ2) is 3.91. The fourth-order valence-corrected chi connectivity index (χ4v) is 5.00. The van der Waals surface area contributed by atoms with Crippen LogP contribution >= 0.6 is 0 Å². The molecule has 5 atom stereocenters. The van der Waals surface area contributed by atoms with Crippen LogP contribution in [-0.4, -0.2) is 46.7 Å². The van der Waals surface area contributed by atoms with Gasteiger partial charge in [0.2, 0.25) is 6.79 Å². The molecule has 5 nitrogen and oxygen atoms in total. The zero-order valence-electron chi connectivity index (χ0n) is 11.8. The zero-order chi connectivity index (χ0) is 14.2. The number of rotatable bonds is 0. The van der Waals surface area contributed by atoms with Crippen molar-refractivity contribution in [1.29, 1.82) is 0 Å². The summed E-state index contributed by atoms with van der Waals surface area (Å²) >= 11 is 0. The lowest BCUT2D eigenvalue weighted by atomic mass is 9.61. The van der Waals surface area contributed by atoms with Crippen molar-refractivity contribution in [2.75, 3.05) is 13.3 Å². The van der Waals surface area contributed by atoms with Crippen LogP contribution in [0.3, 0.4) is 0 Å². The molecule has 1 aromatic carbocycles. The first-order valence-corrected chi connectivity index (χ1v) is 7.71. The number of hydrogen-bond donors (Lipinski definition) is 2. The molecular weight excluding hydrogens is 270 g/mol. The third kappa shape index (κ3) is 1.42. The number of ether oxygens (including phenoxy) is 2. The first-order chi connectivity index (χ1) is 10.2. The van der Waals surface area contributed by atoms with Crippen molar-refractivity contribution in [3.8, 4) is 11.5 Å². The first kappa shape index (κ1) is 12.3. The van der Waals surface area contributed by atoms with Crippen LogP contribution in [0.4, 0.5) is 0 Å². The average molecular weight is 289 g/mol. The van der Waals surface area contributed by atoms with E-state index in [2.05, 4.69) is 17.0 Å². The van der Waals surface area contributed by atoms with Crippen molar-refractivity contribution in [1.82, 2.24) is 4.90 Å². The van der Waals surface area contributed by atoms with Gasteiger partial charge in [-0.1, -0.05) is 0 Å². The van der Waals surface area contributed by atoms with Crippen LogP contribution in [0.1, 0.15) is 30.4 Å². The maximum absolute atomic E-state index is 10.8. The third-order valence-corrected chi connectivity index (χ3v) is 5.91. The summed E-state index contributed by atoms with van der Waals surface area (Å²) in [5.74, 6) is 1.61. The number of aliphatic hydroxyl groups excluding tert-OH is 2. The molecule has 21 heavy (non-hydrogen) atoms. The lowest BCUT2D eigenvalue weighted by Gasteiger charge is -2.50. The summed E-state index contributed by atoms with van der Waals surface area (Å²) in [6, 6.07) is 4.39. The molecule has 1 saturated carbocycles. The largest absolute Gasteiger partial charge is 0.454 e. The monoisotopic (exact) mass is 289 g/mol. The molecule has 2 fully saturated rings.